The van der Waals surface area contributed by atoms with Crippen LogP contribution in [0, 0.1) is 0 Å². The molecule has 3 aromatic heterocycles. The average Bonchev–Trinajstić information content (AvgIpc) is 3.41. The normalized spacial score (nSPS) is 11.3. The summed E-state index contributed by atoms with van der Waals surface area (Å²) in [5, 5.41) is 8.07. The molecule has 182 valence electrons. The number of anilines is 2. The summed E-state index contributed by atoms with van der Waals surface area (Å²) < 4.78 is 5.17. The predicted molar refractivity (Wildman–Crippen MR) is 146 cm³/mol. The number of likely N-dealkylation sites (N-methyl/N-ethyl adjacent to an activating group) is 1. The van der Waals surface area contributed by atoms with Gasteiger partial charge < -0.3 is 20.0 Å². The van der Waals surface area contributed by atoms with Crippen LogP contribution in [0.1, 0.15) is 16.7 Å². The number of hydrogen-bond donors (Lipinski definition) is 2. The van der Waals surface area contributed by atoms with E-state index < -0.39 is 0 Å². The van der Waals surface area contributed by atoms with Gasteiger partial charge in [0.05, 0.1) is 23.7 Å². The third-order valence-electron chi connectivity index (χ3n) is 6.15. The van der Waals surface area contributed by atoms with Crippen molar-refractivity contribution in [2.24, 2.45) is 0 Å². The molecular weight excluding hydrogens is 446 g/mol. The number of benzene rings is 2. The summed E-state index contributed by atoms with van der Waals surface area (Å²) in [5.74, 6) is 0. The SMILES string of the molecule is CN(C)CCNCc1ccc(-c2ccc3c(Nc4ccc(Cc5ccoc5)cc4)ccnc3c2)nc1. The lowest BCUT2D eigenvalue weighted by molar-refractivity contribution is 0.400. The molecule has 0 radical (unpaired) electrons. The van der Waals surface area contributed by atoms with Gasteiger partial charge in [0.25, 0.3) is 0 Å². The first-order valence-corrected chi connectivity index (χ1v) is 12.2. The van der Waals surface area contributed by atoms with Crippen LogP contribution in [0.3, 0.4) is 0 Å². The summed E-state index contributed by atoms with van der Waals surface area (Å²) >= 11 is 0. The summed E-state index contributed by atoms with van der Waals surface area (Å²) in [6, 6.07) is 23.1. The van der Waals surface area contributed by atoms with Crippen molar-refractivity contribution in [2.45, 2.75) is 13.0 Å². The zero-order valence-electron chi connectivity index (χ0n) is 20.7. The van der Waals surface area contributed by atoms with E-state index in [1.54, 1.807) is 12.5 Å². The predicted octanol–water partition coefficient (Wildman–Crippen LogP) is 5.88. The van der Waals surface area contributed by atoms with Crippen molar-refractivity contribution in [3.8, 4) is 11.3 Å². The van der Waals surface area contributed by atoms with E-state index in [9.17, 15) is 0 Å². The van der Waals surface area contributed by atoms with E-state index in [1.165, 1.54) is 16.7 Å². The van der Waals surface area contributed by atoms with Gasteiger partial charge in [0.2, 0.25) is 0 Å². The molecule has 0 fully saturated rings. The third-order valence-corrected chi connectivity index (χ3v) is 6.15. The Morgan fingerprint density at radius 1 is 0.861 bits per heavy atom. The van der Waals surface area contributed by atoms with E-state index >= 15 is 0 Å². The Morgan fingerprint density at radius 3 is 2.47 bits per heavy atom. The maximum absolute atomic E-state index is 5.17. The monoisotopic (exact) mass is 477 g/mol. The molecule has 36 heavy (non-hydrogen) atoms. The van der Waals surface area contributed by atoms with Crippen LogP contribution in [0.4, 0.5) is 11.4 Å². The van der Waals surface area contributed by atoms with Crippen LogP contribution < -0.4 is 10.6 Å². The summed E-state index contributed by atoms with van der Waals surface area (Å²) in [6.07, 6.45) is 8.15. The molecule has 0 bridgehead atoms. The molecule has 0 amide bonds. The summed E-state index contributed by atoms with van der Waals surface area (Å²) in [6.45, 7) is 2.79. The molecule has 6 heteroatoms. The fourth-order valence-corrected chi connectivity index (χ4v) is 4.14. The van der Waals surface area contributed by atoms with Gasteiger partial charge in [-0.05, 0) is 67.2 Å². The lowest BCUT2D eigenvalue weighted by Gasteiger charge is -2.12. The van der Waals surface area contributed by atoms with Crippen LogP contribution in [0.2, 0.25) is 0 Å². The van der Waals surface area contributed by atoms with Gasteiger partial charge in [-0.2, -0.15) is 0 Å². The first-order chi connectivity index (χ1) is 17.6. The van der Waals surface area contributed by atoms with E-state index in [-0.39, 0.29) is 0 Å². The number of nitrogens with zero attached hydrogens (tertiary/aromatic N) is 3. The smallest absolute Gasteiger partial charge is 0.0937 e. The first-order valence-electron chi connectivity index (χ1n) is 12.2. The van der Waals surface area contributed by atoms with Crippen molar-refractivity contribution in [2.75, 3.05) is 32.5 Å². The molecule has 0 saturated carbocycles. The molecule has 0 aliphatic carbocycles. The molecular formula is C30H31N5O. The van der Waals surface area contributed by atoms with Crippen molar-refractivity contribution < 1.29 is 4.42 Å². The number of hydrogen-bond acceptors (Lipinski definition) is 6. The molecule has 0 saturated heterocycles. The zero-order chi connectivity index (χ0) is 24.7. The molecule has 3 heterocycles. The fraction of sp³-hybridized carbons (Fsp3) is 0.200. The molecule has 2 N–H and O–H groups in total. The van der Waals surface area contributed by atoms with Gasteiger partial charge in [0.15, 0.2) is 0 Å². The molecule has 6 nitrogen and oxygen atoms in total. The maximum Gasteiger partial charge on any atom is 0.0937 e. The maximum atomic E-state index is 5.17. The minimum atomic E-state index is 0.819. The third kappa shape index (κ3) is 5.97. The Balaban J connectivity index is 1.27. The molecule has 5 rings (SSSR count). The minimum Gasteiger partial charge on any atom is -0.472 e. The average molecular weight is 478 g/mol. The van der Waals surface area contributed by atoms with Gasteiger partial charge in [0, 0.05) is 60.8 Å². The van der Waals surface area contributed by atoms with Gasteiger partial charge in [-0.3, -0.25) is 9.97 Å². The van der Waals surface area contributed by atoms with Gasteiger partial charge in [-0.15, -0.1) is 0 Å². The number of fused-ring (bicyclic) bond motifs is 1. The van der Waals surface area contributed by atoms with Gasteiger partial charge in [-0.1, -0.05) is 30.3 Å². The van der Waals surface area contributed by atoms with Crippen LogP contribution in [-0.4, -0.2) is 42.1 Å². The highest BCUT2D eigenvalue weighted by molar-refractivity contribution is 5.95. The lowest BCUT2D eigenvalue weighted by Crippen LogP contribution is -2.26. The second-order valence-corrected chi connectivity index (χ2v) is 9.25. The number of furan rings is 1. The molecule has 0 atom stereocenters. The number of nitrogens with one attached hydrogen (secondary N) is 2. The largest absolute Gasteiger partial charge is 0.472 e. The molecule has 0 aliphatic heterocycles. The quantitative estimate of drug-likeness (QED) is 0.245. The zero-order valence-corrected chi connectivity index (χ0v) is 20.7. The number of rotatable bonds is 10. The Bertz CT molecular complexity index is 1390. The Hall–Kier alpha value is -4.00. The molecule has 5 aromatic rings. The standard InChI is InChI=1S/C30H31N5O/c1-35(2)15-14-31-19-24-5-10-28(33-20-24)25-6-9-27-29(11-13-32-30(27)18-25)34-26-7-3-22(4-8-26)17-23-12-16-36-21-23/h3-13,16,18,20-21,31H,14-15,17,19H2,1-2H3,(H,32,34). The van der Waals surface area contributed by atoms with Crippen LogP contribution in [-0.2, 0) is 13.0 Å². The van der Waals surface area contributed by atoms with Gasteiger partial charge in [0.1, 0.15) is 0 Å². The Labute approximate surface area is 212 Å². The van der Waals surface area contributed by atoms with Gasteiger partial charge in [-0.25, -0.2) is 0 Å². The molecule has 0 spiro atoms. The van der Waals surface area contributed by atoms with Crippen molar-refractivity contribution in [3.63, 3.8) is 0 Å². The van der Waals surface area contributed by atoms with E-state index in [2.05, 4.69) is 89.2 Å². The van der Waals surface area contributed by atoms with Gasteiger partial charge >= 0.3 is 0 Å². The highest BCUT2D eigenvalue weighted by Gasteiger charge is 2.07. The minimum absolute atomic E-state index is 0.819. The Kier molecular flexibility index (Phi) is 7.36. The summed E-state index contributed by atoms with van der Waals surface area (Å²) in [5.41, 5.74) is 8.61. The Morgan fingerprint density at radius 2 is 1.72 bits per heavy atom. The van der Waals surface area contributed by atoms with Crippen LogP contribution in [0.15, 0.2) is 96.1 Å². The topological polar surface area (TPSA) is 66.2 Å². The lowest BCUT2D eigenvalue weighted by atomic mass is 10.1. The van der Waals surface area contributed by atoms with E-state index in [0.717, 1.165) is 59.6 Å². The molecule has 2 aromatic carbocycles. The van der Waals surface area contributed by atoms with E-state index in [4.69, 9.17) is 9.40 Å². The van der Waals surface area contributed by atoms with Crippen molar-refractivity contribution in [1.82, 2.24) is 20.2 Å². The van der Waals surface area contributed by atoms with Crippen LogP contribution in [0.25, 0.3) is 22.2 Å². The van der Waals surface area contributed by atoms with Crippen molar-refractivity contribution in [3.05, 3.63) is 108 Å². The van der Waals surface area contributed by atoms with Crippen molar-refractivity contribution >= 4 is 22.3 Å². The molecule has 0 unspecified atom stereocenters. The molecule has 0 aliphatic rings. The fourth-order valence-electron chi connectivity index (χ4n) is 4.14. The van der Waals surface area contributed by atoms with Crippen LogP contribution >= 0.6 is 0 Å². The second kappa shape index (κ2) is 11.2. The highest BCUT2D eigenvalue weighted by Crippen LogP contribution is 2.29. The van der Waals surface area contributed by atoms with E-state index in [1.807, 2.05) is 24.5 Å². The summed E-state index contributed by atoms with van der Waals surface area (Å²) in [4.78, 5) is 11.5. The first kappa shape index (κ1) is 23.7. The summed E-state index contributed by atoms with van der Waals surface area (Å²) in [7, 11) is 4.16. The van der Waals surface area contributed by atoms with E-state index in [0.29, 0.717) is 0 Å². The highest BCUT2D eigenvalue weighted by atomic mass is 16.3. The van der Waals surface area contributed by atoms with Crippen LogP contribution in [0.5, 0.6) is 0 Å². The number of aromatic nitrogens is 2. The number of pyridine rings is 2. The van der Waals surface area contributed by atoms with Crippen molar-refractivity contribution in [1.29, 1.82) is 0 Å². The second-order valence-electron chi connectivity index (χ2n) is 9.25.